The van der Waals surface area contributed by atoms with Gasteiger partial charge in [-0.1, -0.05) is 66.7 Å². The molecule has 2 unspecified atom stereocenters. The molecule has 0 amide bonds. The highest BCUT2D eigenvalue weighted by molar-refractivity contribution is 5.87. The molecule has 0 bridgehead atoms. The summed E-state index contributed by atoms with van der Waals surface area (Å²) >= 11 is 0. The number of ether oxygens (including phenoxy) is 4. The Bertz CT molecular complexity index is 985. The summed E-state index contributed by atoms with van der Waals surface area (Å²) in [5.41, 5.74) is 1.92. The Morgan fingerprint density at radius 3 is 2.45 bits per heavy atom. The fourth-order valence-electron chi connectivity index (χ4n) is 3.61. The first-order valence-corrected chi connectivity index (χ1v) is 10.9. The van der Waals surface area contributed by atoms with Crippen molar-refractivity contribution in [3.63, 3.8) is 0 Å². The number of carbonyl (C=O) groups excluding carboxylic acids is 1. The van der Waals surface area contributed by atoms with Crippen LogP contribution in [0.2, 0.25) is 0 Å². The Labute approximate surface area is 192 Å². The third-order valence-corrected chi connectivity index (χ3v) is 5.28. The third kappa shape index (κ3) is 6.94. The van der Waals surface area contributed by atoms with Gasteiger partial charge in [0, 0.05) is 24.6 Å². The van der Waals surface area contributed by atoms with Crippen molar-refractivity contribution in [2.24, 2.45) is 0 Å². The molecule has 1 N–H and O–H groups in total. The maximum atomic E-state index is 12.5. The van der Waals surface area contributed by atoms with Gasteiger partial charge in [0.2, 0.25) is 0 Å². The van der Waals surface area contributed by atoms with Gasteiger partial charge in [0.25, 0.3) is 0 Å². The van der Waals surface area contributed by atoms with Crippen LogP contribution in [0.4, 0.5) is 0 Å². The van der Waals surface area contributed by atoms with Crippen molar-refractivity contribution in [1.82, 2.24) is 4.98 Å². The number of rotatable bonds is 9. The average molecular weight is 450 g/mol. The van der Waals surface area contributed by atoms with Crippen LogP contribution < -0.4 is 0 Å². The highest BCUT2D eigenvalue weighted by Gasteiger charge is 2.33. The molecule has 1 aromatic heterocycles. The Hall–Kier alpha value is -3.10. The van der Waals surface area contributed by atoms with E-state index >= 15 is 0 Å². The van der Waals surface area contributed by atoms with Gasteiger partial charge in [-0.15, -0.1) is 0 Å². The quantitative estimate of drug-likeness (QED) is 0.390. The summed E-state index contributed by atoms with van der Waals surface area (Å²) < 4.78 is 23.3. The summed E-state index contributed by atoms with van der Waals surface area (Å²) in [5, 5.41) is 10.3. The zero-order valence-electron chi connectivity index (χ0n) is 18.2. The summed E-state index contributed by atoms with van der Waals surface area (Å²) in [4.78, 5) is 16.6. The van der Waals surface area contributed by atoms with Crippen molar-refractivity contribution in [2.75, 3.05) is 6.61 Å². The largest absolute Gasteiger partial charge is 0.457 e. The molecule has 3 aromatic rings. The van der Waals surface area contributed by atoms with Gasteiger partial charge in [-0.05, 0) is 17.7 Å². The van der Waals surface area contributed by atoms with Crippen LogP contribution in [0.5, 0.6) is 0 Å². The molecular formula is C26H27NO6. The minimum atomic E-state index is -1.07. The molecule has 172 valence electrons. The molecule has 2 heterocycles. The first-order chi connectivity index (χ1) is 16.2. The summed E-state index contributed by atoms with van der Waals surface area (Å²) in [5.74, 6) is -0.492. The van der Waals surface area contributed by atoms with E-state index in [0.717, 1.165) is 5.56 Å². The number of nitrogens with zero attached hydrogens (tertiary/aromatic N) is 1. The number of carbonyl (C=O) groups is 1. The molecule has 4 rings (SSSR count). The Kier molecular flexibility index (Phi) is 8.16. The number of aliphatic hydroxyl groups is 1. The Balaban J connectivity index is 1.38. The van der Waals surface area contributed by atoms with Crippen LogP contribution in [-0.2, 0) is 25.6 Å². The van der Waals surface area contributed by atoms with E-state index in [0.29, 0.717) is 25.0 Å². The first kappa shape index (κ1) is 23.1. The topological polar surface area (TPSA) is 87.1 Å². The number of hydrogen-bond donors (Lipinski definition) is 1. The van der Waals surface area contributed by atoms with E-state index in [1.807, 2.05) is 48.5 Å². The zero-order chi connectivity index (χ0) is 22.9. The summed E-state index contributed by atoms with van der Waals surface area (Å²) in [6.45, 7) is 0.492. The second kappa shape index (κ2) is 11.7. The number of benzene rings is 2. The molecule has 1 saturated heterocycles. The fourth-order valence-corrected chi connectivity index (χ4v) is 3.61. The molecule has 1 aliphatic heterocycles. The van der Waals surface area contributed by atoms with E-state index in [-0.39, 0.29) is 12.3 Å². The number of aromatic nitrogens is 1. The monoisotopic (exact) mass is 449 g/mol. The summed E-state index contributed by atoms with van der Waals surface area (Å²) in [6.07, 6.45) is -0.142. The predicted molar refractivity (Wildman–Crippen MR) is 120 cm³/mol. The van der Waals surface area contributed by atoms with Gasteiger partial charge in [0.1, 0.15) is 11.8 Å². The molecule has 0 radical (unpaired) electrons. The van der Waals surface area contributed by atoms with Crippen LogP contribution in [0.15, 0.2) is 85.1 Å². The number of pyridine rings is 1. The van der Waals surface area contributed by atoms with Gasteiger partial charge in [-0.25, -0.2) is 9.78 Å². The molecule has 1 fully saturated rings. The maximum Gasteiger partial charge on any atom is 0.357 e. The Morgan fingerprint density at radius 2 is 1.73 bits per heavy atom. The van der Waals surface area contributed by atoms with Crippen molar-refractivity contribution >= 4 is 5.97 Å². The van der Waals surface area contributed by atoms with E-state index in [1.54, 1.807) is 36.5 Å². The summed E-state index contributed by atoms with van der Waals surface area (Å²) in [7, 11) is 0. The lowest BCUT2D eigenvalue weighted by Gasteiger charge is -2.35. The lowest BCUT2D eigenvalue weighted by atomic mass is 10.1. The van der Waals surface area contributed by atoms with E-state index in [1.165, 1.54) is 0 Å². The number of esters is 1. The van der Waals surface area contributed by atoms with Crippen molar-refractivity contribution in [1.29, 1.82) is 0 Å². The van der Waals surface area contributed by atoms with Gasteiger partial charge in [0.05, 0.1) is 19.3 Å². The lowest BCUT2D eigenvalue weighted by Crippen LogP contribution is -2.41. The minimum absolute atomic E-state index is 0.124. The van der Waals surface area contributed by atoms with E-state index in [2.05, 4.69) is 4.98 Å². The maximum absolute atomic E-state index is 12.5. The lowest BCUT2D eigenvalue weighted by molar-refractivity contribution is -0.240. The third-order valence-electron chi connectivity index (χ3n) is 5.28. The molecule has 4 atom stereocenters. The van der Waals surface area contributed by atoms with E-state index in [4.69, 9.17) is 18.9 Å². The van der Waals surface area contributed by atoms with Crippen molar-refractivity contribution < 1.29 is 28.8 Å². The van der Waals surface area contributed by atoms with Crippen LogP contribution in [0, 0.1) is 0 Å². The molecule has 0 saturated carbocycles. The predicted octanol–water partition coefficient (Wildman–Crippen LogP) is 4.04. The second-order valence-corrected chi connectivity index (χ2v) is 7.79. The SMILES string of the molecule is O=C(O[C@@H]1CC(OCc2ccccc2)O[C@H](COC(O)c2ccccc2)C1)c1ccccn1. The number of aliphatic hydroxyl groups excluding tert-OH is 1. The van der Waals surface area contributed by atoms with Gasteiger partial charge < -0.3 is 24.1 Å². The van der Waals surface area contributed by atoms with E-state index in [9.17, 15) is 9.90 Å². The molecule has 0 aliphatic carbocycles. The smallest absolute Gasteiger partial charge is 0.357 e. The molecule has 7 heteroatoms. The van der Waals surface area contributed by atoms with Crippen molar-refractivity contribution in [3.8, 4) is 0 Å². The van der Waals surface area contributed by atoms with Gasteiger partial charge >= 0.3 is 5.97 Å². The second-order valence-electron chi connectivity index (χ2n) is 7.79. The minimum Gasteiger partial charge on any atom is -0.457 e. The van der Waals surface area contributed by atoms with Crippen LogP contribution in [0.3, 0.4) is 0 Å². The molecule has 0 spiro atoms. The molecule has 2 aromatic carbocycles. The van der Waals surface area contributed by atoms with Crippen LogP contribution in [0.1, 0.15) is 40.7 Å². The average Bonchev–Trinajstić information content (AvgIpc) is 2.87. The summed E-state index contributed by atoms with van der Waals surface area (Å²) in [6, 6.07) is 24.0. The molecule has 1 aliphatic rings. The highest BCUT2D eigenvalue weighted by Crippen LogP contribution is 2.26. The normalized spacial score (nSPS) is 21.3. The van der Waals surface area contributed by atoms with Crippen molar-refractivity contribution in [2.45, 2.75) is 44.2 Å². The van der Waals surface area contributed by atoms with Crippen LogP contribution in [0.25, 0.3) is 0 Å². The van der Waals surface area contributed by atoms with Crippen LogP contribution in [-0.4, -0.2) is 41.2 Å². The van der Waals surface area contributed by atoms with Crippen LogP contribution >= 0.6 is 0 Å². The first-order valence-electron chi connectivity index (χ1n) is 10.9. The highest BCUT2D eigenvalue weighted by atomic mass is 16.7. The van der Waals surface area contributed by atoms with E-state index < -0.39 is 30.8 Å². The van der Waals surface area contributed by atoms with Crippen molar-refractivity contribution in [3.05, 3.63) is 102 Å². The standard InChI is InChI=1S/C26H27NO6/c28-25(20-11-5-2-6-12-20)31-18-22-15-21(33-26(29)23-13-7-8-14-27-23)16-24(32-22)30-17-19-9-3-1-4-10-19/h1-14,21-22,24-25,28H,15-18H2/t21-,22-,24?,25?/m0/s1. The van der Waals surface area contributed by atoms with Gasteiger partial charge in [0.15, 0.2) is 12.6 Å². The fraction of sp³-hybridized carbons (Fsp3) is 0.308. The zero-order valence-corrected chi connectivity index (χ0v) is 18.2. The molecule has 7 nitrogen and oxygen atoms in total. The molecular weight excluding hydrogens is 422 g/mol. The number of hydrogen-bond acceptors (Lipinski definition) is 7. The van der Waals surface area contributed by atoms with Gasteiger partial charge in [-0.3, -0.25) is 0 Å². The van der Waals surface area contributed by atoms with Gasteiger partial charge in [-0.2, -0.15) is 0 Å². The molecule has 33 heavy (non-hydrogen) atoms. The Morgan fingerprint density at radius 1 is 1.00 bits per heavy atom.